The first-order valence-electron chi connectivity index (χ1n) is 7.45. The summed E-state index contributed by atoms with van der Waals surface area (Å²) in [6.07, 6.45) is 1.39. The Kier molecular flexibility index (Phi) is 5.55. The Bertz CT molecular complexity index is 601. The molecule has 0 aromatic heterocycles. The van der Waals surface area contributed by atoms with E-state index in [-0.39, 0.29) is 17.3 Å². The Hall–Kier alpha value is -1.44. The van der Waals surface area contributed by atoms with Gasteiger partial charge in [0, 0.05) is 13.1 Å². The lowest BCUT2D eigenvalue weighted by Gasteiger charge is -2.33. The second-order valence-electron chi connectivity index (χ2n) is 5.53. The Labute approximate surface area is 131 Å². The van der Waals surface area contributed by atoms with Crippen LogP contribution in [-0.4, -0.2) is 49.0 Å². The first kappa shape index (κ1) is 16.9. The van der Waals surface area contributed by atoms with Crippen LogP contribution >= 0.6 is 0 Å². The van der Waals surface area contributed by atoms with E-state index in [2.05, 4.69) is 5.32 Å². The number of hydrogen-bond donors (Lipinski definition) is 2. The number of amides is 1. The fourth-order valence-corrected chi connectivity index (χ4v) is 4.23. The molecule has 22 heavy (non-hydrogen) atoms. The summed E-state index contributed by atoms with van der Waals surface area (Å²) in [4.78, 5) is 12.5. The third kappa shape index (κ3) is 3.85. The molecule has 2 rings (SSSR count). The molecular weight excluding hydrogens is 304 g/mol. The maximum Gasteiger partial charge on any atom is 0.243 e. The molecule has 1 saturated heterocycles. The third-order valence-electron chi connectivity index (χ3n) is 3.68. The molecule has 0 radical (unpaired) electrons. The van der Waals surface area contributed by atoms with Crippen molar-refractivity contribution < 1.29 is 18.3 Å². The summed E-state index contributed by atoms with van der Waals surface area (Å²) in [5.41, 5.74) is 0. The van der Waals surface area contributed by atoms with Crippen molar-refractivity contribution in [2.24, 2.45) is 0 Å². The molecule has 1 aliphatic rings. The van der Waals surface area contributed by atoms with Crippen molar-refractivity contribution >= 4 is 15.9 Å². The third-order valence-corrected chi connectivity index (χ3v) is 5.60. The summed E-state index contributed by atoms with van der Waals surface area (Å²) in [6, 6.07) is 7.45. The van der Waals surface area contributed by atoms with Gasteiger partial charge in [-0.3, -0.25) is 4.79 Å². The standard InChI is InChI=1S/C15H22N2O4S/c1-12(18)11-16-15(19)14-9-5-6-10-17(14)22(20,21)13-7-3-2-4-8-13/h2-4,7-8,12,14,18H,5-6,9-11H2,1H3,(H,16,19). The number of carbonyl (C=O) groups is 1. The highest BCUT2D eigenvalue weighted by Gasteiger charge is 2.37. The zero-order chi connectivity index (χ0) is 16.2. The van der Waals surface area contributed by atoms with Gasteiger partial charge >= 0.3 is 0 Å². The maximum atomic E-state index is 12.7. The van der Waals surface area contributed by atoms with Crippen LogP contribution in [0.25, 0.3) is 0 Å². The van der Waals surface area contributed by atoms with Gasteiger partial charge < -0.3 is 10.4 Å². The highest BCUT2D eigenvalue weighted by Crippen LogP contribution is 2.25. The number of aliphatic hydroxyl groups excluding tert-OH is 1. The Morgan fingerprint density at radius 2 is 2.05 bits per heavy atom. The molecule has 2 unspecified atom stereocenters. The normalized spacial score (nSPS) is 21.3. The van der Waals surface area contributed by atoms with Crippen molar-refractivity contribution in [1.82, 2.24) is 9.62 Å². The van der Waals surface area contributed by atoms with Gasteiger partial charge in [-0.2, -0.15) is 4.31 Å². The van der Waals surface area contributed by atoms with Gasteiger partial charge in [0.25, 0.3) is 0 Å². The van der Waals surface area contributed by atoms with E-state index in [4.69, 9.17) is 0 Å². The Morgan fingerprint density at radius 3 is 2.68 bits per heavy atom. The lowest BCUT2D eigenvalue weighted by atomic mass is 10.0. The van der Waals surface area contributed by atoms with Crippen molar-refractivity contribution in [2.75, 3.05) is 13.1 Å². The minimum Gasteiger partial charge on any atom is -0.392 e. The summed E-state index contributed by atoms with van der Waals surface area (Å²) in [7, 11) is -3.68. The van der Waals surface area contributed by atoms with E-state index in [1.165, 1.54) is 16.4 Å². The van der Waals surface area contributed by atoms with Gasteiger partial charge in [0.15, 0.2) is 0 Å². The number of aliphatic hydroxyl groups is 1. The number of piperidine rings is 1. The molecule has 1 fully saturated rings. The van der Waals surface area contributed by atoms with Crippen LogP contribution in [0.1, 0.15) is 26.2 Å². The molecule has 2 atom stereocenters. The van der Waals surface area contributed by atoms with Gasteiger partial charge in [0.05, 0.1) is 11.0 Å². The van der Waals surface area contributed by atoms with Crippen molar-refractivity contribution in [3.8, 4) is 0 Å². The quantitative estimate of drug-likeness (QED) is 0.835. The number of nitrogens with one attached hydrogen (secondary N) is 1. The summed E-state index contributed by atoms with van der Waals surface area (Å²) in [5, 5.41) is 11.9. The average Bonchev–Trinajstić information content (AvgIpc) is 2.53. The van der Waals surface area contributed by atoms with E-state index in [1.807, 2.05) is 0 Å². The summed E-state index contributed by atoms with van der Waals surface area (Å²) in [6.45, 7) is 2.03. The number of hydrogen-bond acceptors (Lipinski definition) is 4. The molecule has 1 heterocycles. The molecule has 0 aliphatic carbocycles. The van der Waals surface area contributed by atoms with Crippen molar-refractivity contribution in [3.05, 3.63) is 30.3 Å². The molecule has 122 valence electrons. The Balaban J connectivity index is 2.21. The molecule has 0 bridgehead atoms. The van der Waals surface area contributed by atoms with E-state index < -0.39 is 22.2 Å². The van der Waals surface area contributed by atoms with Crippen LogP contribution < -0.4 is 5.32 Å². The molecule has 1 aliphatic heterocycles. The van der Waals surface area contributed by atoms with Crippen LogP contribution in [0.3, 0.4) is 0 Å². The smallest absolute Gasteiger partial charge is 0.243 e. The predicted octanol–water partition coefficient (Wildman–Crippen LogP) is 0.727. The maximum absolute atomic E-state index is 12.7. The van der Waals surface area contributed by atoms with Gasteiger partial charge in [0.1, 0.15) is 6.04 Å². The molecule has 2 N–H and O–H groups in total. The largest absolute Gasteiger partial charge is 0.392 e. The first-order valence-corrected chi connectivity index (χ1v) is 8.89. The van der Waals surface area contributed by atoms with Gasteiger partial charge in [0.2, 0.25) is 15.9 Å². The van der Waals surface area contributed by atoms with Crippen LogP contribution in [0.4, 0.5) is 0 Å². The Morgan fingerprint density at radius 1 is 1.36 bits per heavy atom. The fourth-order valence-electron chi connectivity index (χ4n) is 2.55. The number of sulfonamides is 1. The van der Waals surface area contributed by atoms with Crippen molar-refractivity contribution in [1.29, 1.82) is 0 Å². The average molecular weight is 326 g/mol. The zero-order valence-electron chi connectivity index (χ0n) is 12.6. The molecule has 1 aromatic rings. The number of rotatable bonds is 5. The summed E-state index contributed by atoms with van der Waals surface area (Å²) >= 11 is 0. The number of benzene rings is 1. The lowest BCUT2D eigenvalue weighted by Crippen LogP contribution is -2.52. The van der Waals surface area contributed by atoms with E-state index in [9.17, 15) is 18.3 Å². The highest BCUT2D eigenvalue weighted by atomic mass is 32.2. The van der Waals surface area contributed by atoms with Crippen LogP contribution in [-0.2, 0) is 14.8 Å². The van der Waals surface area contributed by atoms with Crippen LogP contribution in [0.5, 0.6) is 0 Å². The first-order chi connectivity index (χ1) is 10.4. The molecule has 0 spiro atoms. The topological polar surface area (TPSA) is 86.7 Å². The van der Waals surface area contributed by atoms with E-state index in [0.29, 0.717) is 13.0 Å². The number of nitrogens with zero attached hydrogens (tertiary/aromatic N) is 1. The van der Waals surface area contributed by atoms with Crippen molar-refractivity contribution in [2.45, 2.75) is 43.2 Å². The van der Waals surface area contributed by atoms with Gasteiger partial charge in [-0.15, -0.1) is 0 Å². The molecular formula is C15H22N2O4S. The molecule has 6 nitrogen and oxygen atoms in total. The summed E-state index contributed by atoms with van der Waals surface area (Å²) < 4.78 is 26.8. The second kappa shape index (κ2) is 7.21. The minimum atomic E-state index is -3.68. The predicted molar refractivity (Wildman–Crippen MR) is 82.7 cm³/mol. The lowest BCUT2D eigenvalue weighted by molar-refractivity contribution is -0.126. The van der Waals surface area contributed by atoms with Crippen LogP contribution in [0.15, 0.2) is 35.2 Å². The number of carbonyl (C=O) groups excluding carboxylic acids is 1. The van der Waals surface area contributed by atoms with Crippen molar-refractivity contribution in [3.63, 3.8) is 0 Å². The molecule has 7 heteroatoms. The van der Waals surface area contributed by atoms with Crippen LogP contribution in [0, 0.1) is 0 Å². The fraction of sp³-hybridized carbons (Fsp3) is 0.533. The van der Waals surface area contributed by atoms with Crippen LogP contribution in [0.2, 0.25) is 0 Å². The zero-order valence-corrected chi connectivity index (χ0v) is 13.4. The molecule has 0 saturated carbocycles. The van der Waals surface area contributed by atoms with E-state index in [1.54, 1.807) is 25.1 Å². The molecule has 1 aromatic carbocycles. The SMILES string of the molecule is CC(O)CNC(=O)C1CCCCN1S(=O)(=O)c1ccccc1. The second-order valence-corrected chi connectivity index (χ2v) is 7.43. The van der Waals surface area contributed by atoms with E-state index >= 15 is 0 Å². The monoisotopic (exact) mass is 326 g/mol. The highest BCUT2D eigenvalue weighted by molar-refractivity contribution is 7.89. The summed E-state index contributed by atoms with van der Waals surface area (Å²) in [5.74, 6) is -0.347. The van der Waals surface area contributed by atoms with Gasteiger partial charge in [-0.1, -0.05) is 24.6 Å². The van der Waals surface area contributed by atoms with Gasteiger partial charge in [-0.25, -0.2) is 8.42 Å². The van der Waals surface area contributed by atoms with Gasteiger partial charge in [-0.05, 0) is 31.9 Å². The molecule has 1 amide bonds. The minimum absolute atomic E-state index is 0.120. The van der Waals surface area contributed by atoms with E-state index in [0.717, 1.165) is 12.8 Å².